The summed E-state index contributed by atoms with van der Waals surface area (Å²) in [6.07, 6.45) is 0. The Bertz CT molecular complexity index is 2430. The van der Waals surface area contributed by atoms with Gasteiger partial charge in [-0.3, -0.25) is 0 Å². The minimum Gasteiger partial charge on any atom is -0.457 e. The lowest BCUT2D eigenvalue weighted by molar-refractivity contribution is 0.436. The Morgan fingerprint density at radius 3 is 1.80 bits per heavy atom. The maximum absolute atomic E-state index is 6.85. The van der Waals surface area contributed by atoms with E-state index in [9.17, 15) is 0 Å². The number of ether oxygens (including phenoxy) is 1. The van der Waals surface area contributed by atoms with Crippen LogP contribution in [0.15, 0.2) is 164 Å². The van der Waals surface area contributed by atoms with Crippen molar-refractivity contribution in [3.05, 3.63) is 186 Å². The fourth-order valence-electron chi connectivity index (χ4n) is 7.87. The molecule has 2 aliphatic rings. The molecule has 2 nitrogen and oxygen atoms in total. The predicted octanol–water partition coefficient (Wildman–Crippen LogP) is 12.0. The molecule has 0 radical (unpaired) electrons. The maximum atomic E-state index is 6.85. The number of fused-ring (bicyclic) bond motifs is 12. The number of hydrogen-bond donors (Lipinski definition) is 0. The molecule has 3 heteroatoms. The smallest absolute Gasteiger partial charge is 0.134 e. The van der Waals surface area contributed by atoms with Crippen LogP contribution in [0.3, 0.4) is 0 Å². The summed E-state index contributed by atoms with van der Waals surface area (Å²) in [7, 11) is 0. The van der Waals surface area contributed by atoms with Gasteiger partial charge in [0.05, 0.1) is 5.41 Å². The number of rotatable bonds is 3. The average Bonchev–Trinajstić information content (AvgIpc) is 3.63. The highest BCUT2D eigenvalue weighted by molar-refractivity contribution is 7.25. The van der Waals surface area contributed by atoms with Gasteiger partial charge < -0.3 is 9.64 Å². The Hall–Kier alpha value is -5.64. The molecule has 1 aromatic heterocycles. The Morgan fingerprint density at radius 2 is 1.00 bits per heavy atom. The lowest BCUT2D eigenvalue weighted by atomic mass is 9.66. The molecular weight excluding hydrogens is 579 g/mol. The van der Waals surface area contributed by atoms with Crippen LogP contribution in [0.2, 0.25) is 0 Å². The molecular formula is C43H27NOS. The van der Waals surface area contributed by atoms with Crippen LogP contribution < -0.4 is 9.64 Å². The van der Waals surface area contributed by atoms with E-state index >= 15 is 0 Å². The molecule has 0 fully saturated rings. The van der Waals surface area contributed by atoms with Crippen LogP contribution in [0, 0.1) is 0 Å². The Morgan fingerprint density at radius 1 is 0.413 bits per heavy atom. The molecule has 1 aliphatic heterocycles. The Balaban J connectivity index is 1.22. The number of hydrogen-bond acceptors (Lipinski definition) is 3. The summed E-state index contributed by atoms with van der Waals surface area (Å²) in [5.41, 5.74) is 10.3. The number of nitrogens with zero attached hydrogens (tertiary/aromatic N) is 1. The van der Waals surface area contributed by atoms with Crippen molar-refractivity contribution < 1.29 is 4.74 Å². The first-order chi connectivity index (χ1) is 22.8. The molecule has 0 saturated carbocycles. The van der Waals surface area contributed by atoms with Gasteiger partial charge in [-0.25, -0.2) is 0 Å². The van der Waals surface area contributed by atoms with E-state index in [0.717, 1.165) is 28.6 Å². The van der Waals surface area contributed by atoms with Gasteiger partial charge in [-0.05, 0) is 70.8 Å². The second-order valence-electron chi connectivity index (χ2n) is 12.1. The first kappa shape index (κ1) is 25.7. The third-order valence-electron chi connectivity index (χ3n) is 9.72. The molecule has 0 N–H and O–H groups in total. The monoisotopic (exact) mass is 605 g/mol. The van der Waals surface area contributed by atoms with Crippen LogP contribution in [-0.4, -0.2) is 0 Å². The van der Waals surface area contributed by atoms with Gasteiger partial charge in [0.15, 0.2) is 0 Å². The number of benzene rings is 7. The van der Waals surface area contributed by atoms with Crippen LogP contribution in [0.1, 0.15) is 22.3 Å². The topological polar surface area (TPSA) is 12.5 Å². The zero-order chi connectivity index (χ0) is 30.2. The SMILES string of the molecule is c1ccc(N(c2ccc3c(c2)Oc2ccccc2C32c3ccccc3-c3ccccc32)c2ccc3sc4ccccc4c3c2)cc1. The quantitative estimate of drug-likeness (QED) is 0.199. The van der Waals surface area contributed by atoms with E-state index in [1.54, 1.807) is 0 Å². The van der Waals surface area contributed by atoms with Gasteiger partial charge in [0.1, 0.15) is 11.5 Å². The van der Waals surface area contributed by atoms with Crippen molar-refractivity contribution in [3.8, 4) is 22.6 Å². The van der Waals surface area contributed by atoms with Gasteiger partial charge in [-0.1, -0.05) is 109 Å². The highest BCUT2D eigenvalue weighted by Crippen LogP contribution is 2.62. The highest BCUT2D eigenvalue weighted by atomic mass is 32.1. The summed E-state index contributed by atoms with van der Waals surface area (Å²) in [6, 6.07) is 59.3. The van der Waals surface area contributed by atoms with Crippen molar-refractivity contribution >= 4 is 48.6 Å². The van der Waals surface area contributed by atoms with Gasteiger partial charge in [-0.2, -0.15) is 0 Å². The van der Waals surface area contributed by atoms with Crippen LogP contribution >= 0.6 is 11.3 Å². The van der Waals surface area contributed by atoms with E-state index in [2.05, 4.69) is 169 Å². The van der Waals surface area contributed by atoms with E-state index < -0.39 is 5.41 Å². The predicted molar refractivity (Wildman–Crippen MR) is 191 cm³/mol. The lowest BCUT2D eigenvalue weighted by Crippen LogP contribution is -2.32. The molecule has 1 aliphatic carbocycles. The minimum absolute atomic E-state index is 0.470. The van der Waals surface area contributed by atoms with Crippen molar-refractivity contribution in [2.75, 3.05) is 4.90 Å². The number of para-hydroxylation sites is 2. The number of anilines is 3. The molecule has 46 heavy (non-hydrogen) atoms. The molecule has 10 rings (SSSR count). The highest BCUT2D eigenvalue weighted by Gasteiger charge is 2.50. The van der Waals surface area contributed by atoms with Crippen molar-refractivity contribution in [1.82, 2.24) is 0 Å². The van der Waals surface area contributed by atoms with E-state index in [1.165, 1.54) is 53.6 Å². The minimum atomic E-state index is -0.470. The summed E-state index contributed by atoms with van der Waals surface area (Å²) in [5.74, 6) is 1.78. The summed E-state index contributed by atoms with van der Waals surface area (Å²) in [5, 5.41) is 2.57. The lowest BCUT2D eigenvalue weighted by Gasteiger charge is -2.40. The van der Waals surface area contributed by atoms with Crippen molar-refractivity contribution in [2.45, 2.75) is 5.41 Å². The third kappa shape index (κ3) is 3.46. The maximum Gasteiger partial charge on any atom is 0.134 e. The van der Waals surface area contributed by atoms with Gasteiger partial charge in [-0.15, -0.1) is 11.3 Å². The van der Waals surface area contributed by atoms with E-state index in [0.29, 0.717) is 0 Å². The fraction of sp³-hybridized carbons (Fsp3) is 0.0233. The van der Waals surface area contributed by atoms with Gasteiger partial charge in [0.2, 0.25) is 0 Å². The summed E-state index contributed by atoms with van der Waals surface area (Å²) in [4.78, 5) is 2.35. The summed E-state index contributed by atoms with van der Waals surface area (Å²) < 4.78 is 9.45. The van der Waals surface area contributed by atoms with E-state index in [4.69, 9.17) is 4.74 Å². The van der Waals surface area contributed by atoms with Gasteiger partial charge in [0.25, 0.3) is 0 Å². The Labute approximate surface area is 271 Å². The molecule has 2 heterocycles. The zero-order valence-corrected chi connectivity index (χ0v) is 25.7. The molecule has 0 saturated heterocycles. The summed E-state index contributed by atoms with van der Waals surface area (Å²) in [6.45, 7) is 0. The van der Waals surface area contributed by atoms with Crippen LogP contribution in [0.4, 0.5) is 17.1 Å². The first-order valence-corrected chi connectivity index (χ1v) is 16.5. The molecule has 0 unspecified atom stereocenters. The second-order valence-corrected chi connectivity index (χ2v) is 13.2. The van der Waals surface area contributed by atoms with E-state index in [-0.39, 0.29) is 0 Å². The van der Waals surface area contributed by atoms with Crippen molar-refractivity contribution in [1.29, 1.82) is 0 Å². The molecule has 216 valence electrons. The Kier molecular flexibility index (Phi) is 5.40. The van der Waals surface area contributed by atoms with Crippen LogP contribution in [0.5, 0.6) is 11.5 Å². The number of thiophene rings is 1. The second kappa shape index (κ2) is 9.68. The fourth-order valence-corrected chi connectivity index (χ4v) is 8.95. The third-order valence-corrected chi connectivity index (χ3v) is 10.9. The molecule has 0 atom stereocenters. The normalized spacial score (nSPS) is 13.6. The molecule has 0 bridgehead atoms. The van der Waals surface area contributed by atoms with Gasteiger partial charge >= 0.3 is 0 Å². The molecule has 0 amide bonds. The van der Waals surface area contributed by atoms with Gasteiger partial charge in [0, 0.05) is 54.4 Å². The van der Waals surface area contributed by atoms with Crippen molar-refractivity contribution in [3.63, 3.8) is 0 Å². The van der Waals surface area contributed by atoms with Crippen molar-refractivity contribution in [2.24, 2.45) is 0 Å². The molecule has 7 aromatic carbocycles. The first-order valence-electron chi connectivity index (χ1n) is 15.7. The molecule has 1 spiro atoms. The average molecular weight is 606 g/mol. The van der Waals surface area contributed by atoms with E-state index in [1.807, 2.05) is 11.3 Å². The zero-order valence-electron chi connectivity index (χ0n) is 24.9. The van der Waals surface area contributed by atoms with Crippen LogP contribution in [0.25, 0.3) is 31.3 Å². The largest absolute Gasteiger partial charge is 0.457 e. The standard InChI is InChI=1S/C43H27NOS/c1-2-12-28(13-3-1)44(29-23-25-42-34(26-29)33-16-6-11-21-41(33)46-42)30-22-24-38-40(27-30)45-39-20-10-9-19-37(39)43(38)35-17-7-4-14-31(35)32-15-5-8-18-36(32)43/h1-27H. The van der Waals surface area contributed by atoms with Crippen LogP contribution in [-0.2, 0) is 5.41 Å². The molecule has 8 aromatic rings. The summed E-state index contributed by atoms with van der Waals surface area (Å²) >= 11 is 1.85.